The third-order valence-electron chi connectivity index (χ3n) is 3.52. The summed E-state index contributed by atoms with van der Waals surface area (Å²) in [5, 5.41) is 10.0. The summed E-state index contributed by atoms with van der Waals surface area (Å²) in [5.74, 6) is -0.153. The van der Waals surface area contributed by atoms with E-state index in [9.17, 15) is 18.0 Å². The lowest BCUT2D eigenvalue weighted by Crippen LogP contribution is -2.15. The number of amides is 1. The summed E-state index contributed by atoms with van der Waals surface area (Å²) in [6.45, 7) is 4.66. The Bertz CT molecular complexity index is 746. The maximum atomic E-state index is 12.9. The number of benzene rings is 1. The van der Waals surface area contributed by atoms with Crippen LogP contribution in [0, 0.1) is 5.92 Å². The number of carbonyl (C=O) groups excluding carboxylic acids is 1. The van der Waals surface area contributed by atoms with Crippen LogP contribution in [0.2, 0.25) is 0 Å². The summed E-state index contributed by atoms with van der Waals surface area (Å²) < 4.78 is 40.3. The molecule has 6 nitrogen and oxygen atoms in total. The van der Waals surface area contributed by atoms with E-state index in [-0.39, 0.29) is 35.9 Å². The number of nitrogens with one attached hydrogen (secondary N) is 1. The molecule has 3 N–H and O–H groups in total. The second-order valence-corrected chi connectivity index (χ2v) is 6.12. The van der Waals surface area contributed by atoms with Gasteiger partial charge in [-0.15, -0.1) is 17.5 Å². The number of alkyl halides is 3. The van der Waals surface area contributed by atoms with Gasteiger partial charge in [0.1, 0.15) is 0 Å². The Labute approximate surface area is 155 Å². The number of aryl methyl sites for hydroxylation is 1. The van der Waals surface area contributed by atoms with Gasteiger partial charge < -0.3 is 11.1 Å². The van der Waals surface area contributed by atoms with E-state index >= 15 is 0 Å². The molecule has 26 heavy (non-hydrogen) atoms. The Morgan fingerprint density at radius 3 is 2.58 bits per heavy atom. The summed E-state index contributed by atoms with van der Waals surface area (Å²) in [5.41, 5.74) is 4.88. The maximum Gasteiger partial charge on any atom is 0.416 e. The number of nitrogens with two attached hydrogens (primary N) is 1. The van der Waals surface area contributed by atoms with Crippen molar-refractivity contribution in [2.24, 2.45) is 11.7 Å². The van der Waals surface area contributed by atoms with Crippen LogP contribution in [0.5, 0.6) is 0 Å². The Kier molecular flexibility index (Phi) is 7.58. The molecule has 144 valence electrons. The lowest BCUT2D eigenvalue weighted by Gasteiger charge is -2.12. The van der Waals surface area contributed by atoms with Crippen molar-refractivity contribution in [3.8, 4) is 0 Å². The standard InChI is InChI=1S/C16H20F3N5O.ClH/c1-10(2)3-4-24-9-14(22-23-24)15(25)21-13-6-11(8-20)5-12(7-13)16(17,18)19;/h5-7,9-10H,3-4,8,20H2,1-2H3,(H,21,25);1H. The van der Waals surface area contributed by atoms with E-state index in [4.69, 9.17) is 5.73 Å². The summed E-state index contributed by atoms with van der Waals surface area (Å²) in [4.78, 5) is 12.2. The number of halogens is 4. The van der Waals surface area contributed by atoms with Crippen molar-refractivity contribution in [2.75, 3.05) is 5.32 Å². The molecule has 1 heterocycles. The molecule has 0 saturated carbocycles. The SMILES string of the molecule is CC(C)CCn1cc(C(=O)Nc2cc(CN)cc(C(F)(F)F)c2)nn1.Cl. The van der Waals surface area contributed by atoms with E-state index < -0.39 is 17.6 Å². The molecule has 0 fully saturated rings. The van der Waals surface area contributed by atoms with Gasteiger partial charge in [-0.3, -0.25) is 9.48 Å². The third kappa shape index (κ3) is 5.99. The molecule has 0 unspecified atom stereocenters. The minimum absolute atomic E-state index is 0. The molecule has 0 aliphatic heterocycles. The first-order chi connectivity index (χ1) is 11.7. The minimum atomic E-state index is -4.52. The maximum absolute atomic E-state index is 12.9. The van der Waals surface area contributed by atoms with Gasteiger partial charge in [-0.25, -0.2) is 0 Å². The number of hydrogen-bond donors (Lipinski definition) is 2. The smallest absolute Gasteiger partial charge is 0.326 e. The molecule has 10 heteroatoms. The normalized spacial score (nSPS) is 11.3. The largest absolute Gasteiger partial charge is 0.416 e. The van der Waals surface area contributed by atoms with Gasteiger partial charge in [0, 0.05) is 18.8 Å². The Balaban J connectivity index is 0.00000338. The second kappa shape index (κ2) is 9.00. The highest BCUT2D eigenvalue weighted by Gasteiger charge is 2.31. The number of carbonyl (C=O) groups is 1. The topological polar surface area (TPSA) is 85.8 Å². The van der Waals surface area contributed by atoms with Crippen LogP contribution in [0.25, 0.3) is 0 Å². The molecule has 0 spiro atoms. The third-order valence-corrected chi connectivity index (χ3v) is 3.52. The van der Waals surface area contributed by atoms with Crippen molar-refractivity contribution in [1.82, 2.24) is 15.0 Å². The van der Waals surface area contributed by atoms with Crippen molar-refractivity contribution in [1.29, 1.82) is 0 Å². The zero-order chi connectivity index (χ0) is 18.6. The molecule has 0 bridgehead atoms. The molecule has 2 rings (SSSR count). The predicted molar refractivity (Wildman–Crippen MR) is 94.0 cm³/mol. The Morgan fingerprint density at radius 2 is 2.00 bits per heavy atom. The fourth-order valence-electron chi connectivity index (χ4n) is 2.14. The lowest BCUT2D eigenvalue weighted by molar-refractivity contribution is -0.137. The first-order valence-corrected chi connectivity index (χ1v) is 7.81. The number of nitrogens with zero attached hydrogens (tertiary/aromatic N) is 3. The highest BCUT2D eigenvalue weighted by molar-refractivity contribution is 6.02. The van der Waals surface area contributed by atoms with E-state index in [0.29, 0.717) is 12.5 Å². The van der Waals surface area contributed by atoms with Gasteiger partial charge in [-0.1, -0.05) is 19.1 Å². The monoisotopic (exact) mass is 391 g/mol. The highest BCUT2D eigenvalue weighted by Crippen LogP contribution is 2.32. The molecule has 1 aromatic heterocycles. The molecular formula is C16H21ClF3N5O. The van der Waals surface area contributed by atoms with Crippen LogP contribution in [0.3, 0.4) is 0 Å². The zero-order valence-electron chi connectivity index (χ0n) is 14.4. The molecule has 0 saturated heterocycles. The van der Waals surface area contributed by atoms with Gasteiger partial charge in [0.05, 0.1) is 11.8 Å². The first kappa shape index (κ1) is 21.9. The zero-order valence-corrected chi connectivity index (χ0v) is 15.2. The van der Waals surface area contributed by atoms with Gasteiger partial charge in [0.15, 0.2) is 5.69 Å². The van der Waals surface area contributed by atoms with Gasteiger partial charge >= 0.3 is 6.18 Å². The van der Waals surface area contributed by atoms with Crippen LogP contribution in [0.1, 0.15) is 41.9 Å². The summed E-state index contributed by atoms with van der Waals surface area (Å²) in [6, 6.07) is 3.22. The molecule has 1 amide bonds. The number of hydrogen-bond acceptors (Lipinski definition) is 4. The van der Waals surface area contributed by atoms with Gasteiger partial charge in [0.2, 0.25) is 0 Å². The van der Waals surface area contributed by atoms with Crippen LogP contribution in [0.15, 0.2) is 24.4 Å². The Hall–Kier alpha value is -2.13. The highest BCUT2D eigenvalue weighted by atomic mass is 35.5. The molecule has 0 radical (unpaired) electrons. The van der Waals surface area contributed by atoms with Crippen molar-refractivity contribution >= 4 is 24.0 Å². The van der Waals surface area contributed by atoms with Gasteiger partial charge in [0.25, 0.3) is 5.91 Å². The molecule has 0 aliphatic rings. The van der Waals surface area contributed by atoms with Gasteiger partial charge in [-0.05, 0) is 36.1 Å². The predicted octanol–water partition coefficient (Wildman–Crippen LogP) is 3.48. The summed E-state index contributed by atoms with van der Waals surface area (Å²) >= 11 is 0. The lowest BCUT2D eigenvalue weighted by atomic mass is 10.1. The second-order valence-electron chi connectivity index (χ2n) is 6.12. The van der Waals surface area contributed by atoms with Crippen LogP contribution >= 0.6 is 12.4 Å². The quantitative estimate of drug-likeness (QED) is 0.789. The summed E-state index contributed by atoms with van der Waals surface area (Å²) in [6.07, 6.45) is -2.18. The van der Waals surface area contributed by atoms with Crippen LogP contribution in [-0.2, 0) is 19.3 Å². The van der Waals surface area contributed by atoms with E-state index in [1.165, 1.54) is 16.9 Å². The average Bonchev–Trinajstić information content (AvgIpc) is 3.00. The van der Waals surface area contributed by atoms with E-state index in [1.54, 1.807) is 0 Å². The van der Waals surface area contributed by atoms with Crippen molar-refractivity contribution in [2.45, 2.75) is 39.5 Å². The van der Waals surface area contributed by atoms with E-state index in [2.05, 4.69) is 29.5 Å². The number of aromatic nitrogens is 3. The minimum Gasteiger partial charge on any atom is -0.326 e. The first-order valence-electron chi connectivity index (χ1n) is 7.81. The number of rotatable bonds is 6. The molecule has 2 aromatic rings. The van der Waals surface area contributed by atoms with Crippen molar-refractivity contribution in [3.63, 3.8) is 0 Å². The van der Waals surface area contributed by atoms with Crippen molar-refractivity contribution in [3.05, 3.63) is 41.2 Å². The molecular weight excluding hydrogens is 371 g/mol. The molecule has 1 aromatic carbocycles. The van der Waals surface area contributed by atoms with Crippen molar-refractivity contribution < 1.29 is 18.0 Å². The Morgan fingerprint density at radius 1 is 1.31 bits per heavy atom. The molecule has 0 aliphatic carbocycles. The van der Waals surface area contributed by atoms with Gasteiger partial charge in [-0.2, -0.15) is 13.2 Å². The van der Waals surface area contributed by atoms with E-state index in [0.717, 1.165) is 18.6 Å². The number of anilines is 1. The van der Waals surface area contributed by atoms with Crippen LogP contribution < -0.4 is 11.1 Å². The van der Waals surface area contributed by atoms with Crippen LogP contribution in [-0.4, -0.2) is 20.9 Å². The van der Waals surface area contributed by atoms with Crippen LogP contribution in [0.4, 0.5) is 18.9 Å². The average molecular weight is 392 g/mol. The fraction of sp³-hybridized carbons (Fsp3) is 0.438. The summed E-state index contributed by atoms with van der Waals surface area (Å²) in [7, 11) is 0. The fourth-order valence-corrected chi connectivity index (χ4v) is 2.14. The van der Waals surface area contributed by atoms with E-state index in [1.807, 2.05) is 0 Å². The molecule has 0 atom stereocenters.